The Labute approximate surface area is 151 Å². The molecule has 6 heteroatoms. The van der Waals surface area contributed by atoms with Crippen molar-refractivity contribution in [2.45, 2.75) is 39.3 Å². The summed E-state index contributed by atoms with van der Waals surface area (Å²) >= 11 is 0. The van der Waals surface area contributed by atoms with E-state index < -0.39 is 29.4 Å². The number of anilines is 1. The van der Waals surface area contributed by atoms with E-state index in [9.17, 15) is 18.0 Å². The highest BCUT2D eigenvalue weighted by atomic mass is 19.2. The molecule has 0 aliphatic rings. The normalized spacial score (nSPS) is 13.5. The van der Waals surface area contributed by atoms with Crippen LogP contribution in [0.15, 0.2) is 42.5 Å². The van der Waals surface area contributed by atoms with Gasteiger partial charge in [0, 0.05) is 6.04 Å². The van der Waals surface area contributed by atoms with E-state index in [-0.39, 0.29) is 11.7 Å². The lowest BCUT2D eigenvalue weighted by Gasteiger charge is -2.25. The molecule has 2 aromatic carbocycles. The van der Waals surface area contributed by atoms with Gasteiger partial charge in [0.2, 0.25) is 5.91 Å². The van der Waals surface area contributed by atoms with Crippen LogP contribution in [0.5, 0.6) is 0 Å². The molecule has 3 nitrogen and oxygen atoms in total. The fourth-order valence-corrected chi connectivity index (χ4v) is 2.70. The van der Waals surface area contributed by atoms with Crippen LogP contribution in [-0.4, -0.2) is 11.9 Å². The molecule has 0 fully saturated rings. The summed E-state index contributed by atoms with van der Waals surface area (Å²) in [6, 6.07) is 10.8. The quantitative estimate of drug-likeness (QED) is 0.693. The third-order valence-corrected chi connectivity index (χ3v) is 4.05. The maximum atomic E-state index is 13.7. The molecule has 0 unspecified atom stereocenters. The van der Waals surface area contributed by atoms with Crippen molar-refractivity contribution in [1.29, 1.82) is 0 Å². The number of benzene rings is 2. The number of nitrogens with one attached hydrogen (secondary N) is 2. The first-order chi connectivity index (χ1) is 12.3. The molecule has 0 spiro atoms. The number of carbonyl (C=O) groups excluding carboxylic acids is 1. The number of halogens is 3. The molecule has 1 amide bonds. The second-order valence-corrected chi connectivity index (χ2v) is 6.69. The standard InChI is InChI=1S/C20H23F3N2O/c1-12(2)11-17(14-7-5-4-6-8-14)24-13(3)20(26)25-16-10-9-15(21)18(22)19(16)23/h4-10,12-13,17,24H,11H2,1-3H3,(H,25,26)/t13-,17+/m0/s1. The second kappa shape index (κ2) is 8.85. The van der Waals surface area contributed by atoms with Crippen molar-refractivity contribution in [1.82, 2.24) is 5.32 Å². The average Bonchev–Trinajstić information content (AvgIpc) is 2.61. The van der Waals surface area contributed by atoms with Crippen LogP contribution in [0.2, 0.25) is 0 Å². The summed E-state index contributed by atoms with van der Waals surface area (Å²) < 4.78 is 40.0. The van der Waals surface area contributed by atoms with Crippen LogP contribution in [0.25, 0.3) is 0 Å². The molecule has 0 heterocycles. The molecule has 0 aliphatic heterocycles. The fourth-order valence-electron chi connectivity index (χ4n) is 2.70. The van der Waals surface area contributed by atoms with E-state index in [4.69, 9.17) is 0 Å². The number of rotatable bonds is 7. The number of hydrogen-bond acceptors (Lipinski definition) is 2. The molecule has 2 aromatic rings. The summed E-state index contributed by atoms with van der Waals surface area (Å²) in [5, 5.41) is 5.53. The topological polar surface area (TPSA) is 41.1 Å². The maximum absolute atomic E-state index is 13.7. The summed E-state index contributed by atoms with van der Waals surface area (Å²) in [7, 11) is 0. The fraction of sp³-hybridized carbons (Fsp3) is 0.350. The van der Waals surface area contributed by atoms with E-state index in [0.717, 1.165) is 24.1 Å². The molecule has 140 valence electrons. The zero-order valence-electron chi connectivity index (χ0n) is 15.0. The largest absolute Gasteiger partial charge is 0.322 e. The molecular formula is C20H23F3N2O. The Balaban J connectivity index is 2.10. The van der Waals surface area contributed by atoms with E-state index in [1.807, 2.05) is 30.3 Å². The predicted octanol–water partition coefficient (Wildman–Crippen LogP) is 4.81. The second-order valence-electron chi connectivity index (χ2n) is 6.69. The molecular weight excluding hydrogens is 341 g/mol. The molecule has 2 atom stereocenters. The van der Waals surface area contributed by atoms with Gasteiger partial charge in [0.25, 0.3) is 0 Å². The van der Waals surface area contributed by atoms with E-state index in [2.05, 4.69) is 24.5 Å². The van der Waals surface area contributed by atoms with Gasteiger partial charge in [0.1, 0.15) is 0 Å². The summed E-state index contributed by atoms with van der Waals surface area (Å²) in [6.07, 6.45) is 0.807. The molecule has 0 bridgehead atoms. The van der Waals surface area contributed by atoms with Gasteiger partial charge in [-0.25, -0.2) is 13.2 Å². The molecule has 0 aliphatic carbocycles. The summed E-state index contributed by atoms with van der Waals surface area (Å²) in [5.41, 5.74) is 0.655. The van der Waals surface area contributed by atoms with E-state index in [1.165, 1.54) is 0 Å². The number of hydrogen-bond donors (Lipinski definition) is 2. The Morgan fingerprint density at radius 1 is 0.962 bits per heavy atom. The summed E-state index contributed by atoms with van der Waals surface area (Å²) in [6.45, 7) is 5.81. The van der Waals surface area contributed by atoms with Gasteiger partial charge >= 0.3 is 0 Å². The molecule has 2 N–H and O–H groups in total. The van der Waals surface area contributed by atoms with Gasteiger partial charge in [-0.15, -0.1) is 0 Å². The zero-order chi connectivity index (χ0) is 19.3. The lowest BCUT2D eigenvalue weighted by Crippen LogP contribution is -2.40. The van der Waals surface area contributed by atoms with Crippen molar-refractivity contribution >= 4 is 11.6 Å². The van der Waals surface area contributed by atoms with Crippen LogP contribution in [0, 0.1) is 23.4 Å². The average molecular weight is 364 g/mol. The summed E-state index contributed by atoms with van der Waals surface area (Å²) in [4.78, 5) is 12.4. The van der Waals surface area contributed by atoms with Crippen molar-refractivity contribution in [3.8, 4) is 0 Å². The Kier molecular flexibility index (Phi) is 6.80. The van der Waals surface area contributed by atoms with Crippen LogP contribution in [0.1, 0.15) is 38.8 Å². The zero-order valence-corrected chi connectivity index (χ0v) is 15.0. The van der Waals surface area contributed by atoms with Crippen molar-refractivity contribution in [3.05, 3.63) is 65.5 Å². The van der Waals surface area contributed by atoms with E-state index in [1.54, 1.807) is 6.92 Å². The highest BCUT2D eigenvalue weighted by Gasteiger charge is 2.22. The lowest BCUT2D eigenvalue weighted by atomic mass is 9.96. The van der Waals surface area contributed by atoms with E-state index in [0.29, 0.717) is 5.92 Å². The third-order valence-electron chi connectivity index (χ3n) is 4.05. The highest BCUT2D eigenvalue weighted by Crippen LogP contribution is 2.23. The van der Waals surface area contributed by atoms with Gasteiger partial charge in [0.15, 0.2) is 17.5 Å². The SMILES string of the molecule is CC(C)C[C@@H](N[C@@H](C)C(=O)Nc1ccc(F)c(F)c1F)c1ccccc1. The Morgan fingerprint density at radius 2 is 1.62 bits per heavy atom. The van der Waals surface area contributed by atoms with Crippen LogP contribution in [0.4, 0.5) is 18.9 Å². The van der Waals surface area contributed by atoms with Gasteiger partial charge in [-0.05, 0) is 37.0 Å². The molecule has 0 saturated carbocycles. The number of carbonyl (C=O) groups is 1. The van der Waals surface area contributed by atoms with Crippen LogP contribution >= 0.6 is 0 Å². The van der Waals surface area contributed by atoms with Gasteiger partial charge in [-0.2, -0.15) is 0 Å². The Hall–Kier alpha value is -2.34. The minimum atomic E-state index is -1.61. The van der Waals surface area contributed by atoms with Crippen molar-refractivity contribution < 1.29 is 18.0 Å². The predicted molar refractivity (Wildman–Crippen MR) is 96.2 cm³/mol. The first-order valence-corrected chi connectivity index (χ1v) is 8.55. The van der Waals surface area contributed by atoms with Gasteiger partial charge in [0.05, 0.1) is 11.7 Å². The van der Waals surface area contributed by atoms with Gasteiger partial charge < -0.3 is 5.32 Å². The smallest absolute Gasteiger partial charge is 0.241 e. The van der Waals surface area contributed by atoms with E-state index >= 15 is 0 Å². The van der Waals surface area contributed by atoms with Crippen molar-refractivity contribution in [2.75, 3.05) is 5.32 Å². The Bertz CT molecular complexity index is 750. The molecule has 26 heavy (non-hydrogen) atoms. The molecule has 0 saturated heterocycles. The molecule has 0 radical (unpaired) electrons. The van der Waals surface area contributed by atoms with Crippen molar-refractivity contribution in [3.63, 3.8) is 0 Å². The minimum absolute atomic E-state index is 0.0632. The Morgan fingerprint density at radius 3 is 2.23 bits per heavy atom. The molecule has 2 rings (SSSR count). The third kappa shape index (κ3) is 5.08. The van der Waals surface area contributed by atoms with Crippen LogP contribution in [-0.2, 0) is 4.79 Å². The minimum Gasteiger partial charge on any atom is -0.322 e. The van der Waals surface area contributed by atoms with Gasteiger partial charge in [-0.3, -0.25) is 10.1 Å². The van der Waals surface area contributed by atoms with Crippen molar-refractivity contribution in [2.24, 2.45) is 5.92 Å². The monoisotopic (exact) mass is 364 g/mol. The maximum Gasteiger partial charge on any atom is 0.241 e. The van der Waals surface area contributed by atoms with Gasteiger partial charge in [-0.1, -0.05) is 44.2 Å². The highest BCUT2D eigenvalue weighted by molar-refractivity contribution is 5.94. The first kappa shape index (κ1) is 20.0. The lowest BCUT2D eigenvalue weighted by molar-refractivity contribution is -0.118. The first-order valence-electron chi connectivity index (χ1n) is 8.55. The summed E-state index contributed by atoms with van der Waals surface area (Å²) in [5.74, 6) is -4.45. The molecule has 0 aromatic heterocycles. The number of amides is 1. The van der Waals surface area contributed by atoms with Crippen LogP contribution in [0.3, 0.4) is 0 Å². The van der Waals surface area contributed by atoms with Crippen LogP contribution < -0.4 is 10.6 Å².